The second kappa shape index (κ2) is 10.6. The number of aromatic nitrogens is 1. The highest BCUT2D eigenvalue weighted by Gasteiger charge is 2.11. The normalized spacial score (nSPS) is 13.9. The van der Waals surface area contributed by atoms with Crippen LogP contribution >= 0.6 is 24.8 Å². The van der Waals surface area contributed by atoms with Crippen molar-refractivity contribution in [2.24, 2.45) is 5.73 Å². The number of nitrogens with zero attached hydrogens (tertiary/aromatic N) is 2. The maximum Gasteiger partial charge on any atom is 0.225 e. The molecule has 0 spiro atoms. The lowest BCUT2D eigenvalue weighted by Gasteiger charge is -2.28. The molecule has 0 aromatic carbocycles. The fraction of sp³-hybridized carbons (Fsp3) is 0.538. The smallest absolute Gasteiger partial charge is 0.225 e. The summed E-state index contributed by atoms with van der Waals surface area (Å²) >= 11 is 0. The Morgan fingerprint density at radius 3 is 2.62 bits per heavy atom. The van der Waals surface area contributed by atoms with E-state index in [0.29, 0.717) is 25.2 Å². The fourth-order valence-electron chi connectivity index (χ4n) is 1.94. The van der Waals surface area contributed by atoms with Gasteiger partial charge in [-0.3, -0.25) is 4.79 Å². The molecule has 120 valence electrons. The van der Waals surface area contributed by atoms with Crippen molar-refractivity contribution in [1.29, 1.82) is 0 Å². The van der Waals surface area contributed by atoms with E-state index in [1.807, 2.05) is 12.1 Å². The number of morpholine rings is 1. The lowest BCUT2D eigenvalue weighted by molar-refractivity contribution is -0.116. The largest absolute Gasteiger partial charge is 0.378 e. The van der Waals surface area contributed by atoms with Gasteiger partial charge in [-0.15, -0.1) is 24.8 Å². The first-order chi connectivity index (χ1) is 9.29. The van der Waals surface area contributed by atoms with Crippen LogP contribution in [0.3, 0.4) is 0 Å². The number of anilines is 2. The van der Waals surface area contributed by atoms with Gasteiger partial charge in [0, 0.05) is 19.5 Å². The standard InChI is InChI=1S/C13H20N4O2.2ClH/c14-5-1-2-13(18)16-12-4-3-11(10-15-12)17-6-8-19-9-7-17;;/h3-4,10H,1-2,5-9,14H2,(H,15,16,18);2*1H. The quantitative estimate of drug-likeness (QED) is 0.850. The molecule has 1 aliphatic rings. The lowest BCUT2D eigenvalue weighted by atomic mass is 10.3. The third-order valence-corrected chi connectivity index (χ3v) is 3.00. The van der Waals surface area contributed by atoms with Crippen molar-refractivity contribution in [3.63, 3.8) is 0 Å². The zero-order chi connectivity index (χ0) is 13.5. The molecule has 0 atom stereocenters. The minimum atomic E-state index is -0.0444. The topological polar surface area (TPSA) is 80.5 Å². The van der Waals surface area contributed by atoms with Gasteiger partial charge < -0.3 is 20.7 Å². The van der Waals surface area contributed by atoms with Crippen LogP contribution in [0.5, 0.6) is 0 Å². The molecule has 0 radical (unpaired) electrons. The maximum atomic E-state index is 11.5. The second-order valence-electron chi connectivity index (χ2n) is 4.44. The summed E-state index contributed by atoms with van der Waals surface area (Å²) in [6, 6.07) is 3.79. The number of halogens is 2. The van der Waals surface area contributed by atoms with Crippen molar-refractivity contribution in [2.75, 3.05) is 43.1 Å². The Morgan fingerprint density at radius 1 is 1.33 bits per heavy atom. The number of hydrogen-bond acceptors (Lipinski definition) is 5. The second-order valence-corrected chi connectivity index (χ2v) is 4.44. The van der Waals surface area contributed by atoms with E-state index in [2.05, 4.69) is 15.2 Å². The Labute approximate surface area is 137 Å². The number of carbonyl (C=O) groups excluding carboxylic acids is 1. The zero-order valence-electron chi connectivity index (χ0n) is 11.8. The third-order valence-electron chi connectivity index (χ3n) is 3.00. The van der Waals surface area contributed by atoms with Gasteiger partial charge in [-0.25, -0.2) is 4.98 Å². The van der Waals surface area contributed by atoms with Crippen LogP contribution in [0.2, 0.25) is 0 Å². The van der Waals surface area contributed by atoms with Crippen LogP contribution in [-0.4, -0.2) is 43.7 Å². The van der Waals surface area contributed by atoms with Crippen molar-refractivity contribution in [1.82, 2.24) is 4.98 Å². The minimum Gasteiger partial charge on any atom is -0.378 e. The molecular weight excluding hydrogens is 315 g/mol. The Bertz CT molecular complexity index is 411. The Kier molecular flexibility index (Phi) is 10.1. The van der Waals surface area contributed by atoms with Gasteiger partial charge in [0.25, 0.3) is 0 Å². The van der Waals surface area contributed by atoms with Crippen molar-refractivity contribution in [2.45, 2.75) is 12.8 Å². The highest BCUT2D eigenvalue weighted by Crippen LogP contribution is 2.16. The Hall–Kier alpha value is -1.08. The van der Waals surface area contributed by atoms with E-state index in [1.165, 1.54) is 0 Å². The Balaban J connectivity index is 0.00000200. The van der Waals surface area contributed by atoms with E-state index in [0.717, 1.165) is 32.0 Å². The molecule has 0 aliphatic carbocycles. The summed E-state index contributed by atoms with van der Waals surface area (Å²) in [6.45, 7) is 3.78. The van der Waals surface area contributed by atoms with Gasteiger partial charge in [-0.1, -0.05) is 0 Å². The van der Waals surface area contributed by atoms with E-state index in [-0.39, 0.29) is 30.7 Å². The fourth-order valence-corrected chi connectivity index (χ4v) is 1.94. The predicted octanol–water partition coefficient (Wildman–Crippen LogP) is 1.44. The molecule has 21 heavy (non-hydrogen) atoms. The van der Waals surface area contributed by atoms with Gasteiger partial charge in [-0.05, 0) is 25.1 Å². The van der Waals surface area contributed by atoms with E-state index in [9.17, 15) is 4.79 Å². The number of pyridine rings is 1. The van der Waals surface area contributed by atoms with E-state index in [4.69, 9.17) is 10.5 Å². The van der Waals surface area contributed by atoms with Gasteiger partial charge in [0.05, 0.1) is 25.1 Å². The molecule has 6 nitrogen and oxygen atoms in total. The molecule has 1 aromatic rings. The summed E-state index contributed by atoms with van der Waals surface area (Å²) in [5.41, 5.74) is 6.42. The van der Waals surface area contributed by atoms with Crippen molar-refractivity contribution in [3.8, 4) is 0 Å². The van der Waals surface area contributed by atoms with Crippen LogP contribution in [0.1, 0.15) is 12.8 Å². The summed E-state index contributed by atoms with van der Waals surface area (Å²) in [4.78, 5) is 18.0. The Morgan fingerprint density at radius 2 is 2.05 bits per heavy atom. The average molecular weight is 337 g/mol. The SMILES string of the molecule is Cl.Cl.NCCCC(=O)Nc1ccc(N2CCOCC2)cn1. The molecule has 2 rings (SSSR count). The van der Waals surface area contributed by atoms with Crippen LogP contribution in [0.25, 0.3) is 0 Å². The first-order valence-corrected chi connectivity index (χ1v) is 6.58. The number of rotatable bonds is 5. The molecule has 2 heterocycles. The third kappa shape index (κ3) is 6.48. The average Bonchev–Trinajstić information content (AvgIpc) is 2.47. The van der Waals surface area contributed by atoms with Crippen LogP contribution < -0.4 is 16.0 Å². The first kappa shape index (κ1) is 19.9. The summed E-state index contributed by atoms with van der Waals surface area (Å²) in [5, 5.41) is 2.76. The number of nitrogens with one attached hydrogen (secondary N) is 1. The predicted molar refractivity (Wildman–Crippen MR) is 88.7 cm³/mol. The van der Waals surface area contributed by atoms with E-state index >= 15 is 0 Å². The number of carbonyl (C=O) groups is 1. The molecule has 0 saturated carbocycles. The molecule has 1 fully saturated rings. The molecule has 8 heteroatoms. The van der Waals surface area contributed by atoms with Crippen LogP contribution in [0.15, 0.2) is 18.3 Å². The molecule has 1 aromatic heterocycles. The summed E-state index contributed by atoms with van der Waals surface area (Å²) < 4.78 is 5.31. The van der Waals surface area contributed by atoms with Gasteiger partial charge in [0.1, 0.15) is 5.82 Å². The number of hydrogen-bond donors (Lipinski definition) is 2. The van der Waals surface area contributed by atoms with Gasteiger partial charge in [0.15, 0.2) is 0 Å². The van der Waals surface area contributed by atoms with Crippen LogP contribution in [0.4, 0.5) is 11.5 Å². The van der Waals surface area contributed by atoms with Gasteiger partial charge >= 0.3 is 0 Å². The molecule has 3 N–H and O–H groups in total. The summed E-state index contributed by atoms with van der Waals surface area (Å²) in [7, 11) is 0. The molecular formula is C13H22Cl2N4O2. The highest BCUT2D eigenvalue weighted by atomic mass is 35.5. The molecule has 0 unspecified atom stereocenters. The zero-order valence-corrected chi connectivity index (χ0v) is 13.4. The number of nitrogens with two attached hydrogens (primary N) is 1. The first-order valence-electron chi connectivity index (χ1n) is 6.58. The molecule has 1 amide bonds. The highest BCUT2D eigenvalue weighted by molar-refractivity contribution is 5.89. The minimum absolute atomic E-state index is 0. The van der Waals surface area contributed by atoms with Gasteiger partial charge in [0.2, 0.25) is 5.91 Å². The molecule has 1 saturated heterocycles. The number of amides is 1. The monoisotopic (exact) mass is 336 g/mol. The van der Waals surface area contributed by atoms with Crippen LogP contribution in [0, 0.1) is 0 Å². The van der Waals surface area contributed by atoms with Crippen LogP contribution in [-0.2, 0) is 9.53 Å². The number of ether oxygens (including phenoxy) is 1. The van der Waals surface area contributed by atoms with Gasteiger partial charge in [-0.2, -0.15) is 0 Å². The van der Waals surface area contributed by atoms with E-state index in [1.54, 1.807) is 6.20 Å². The van der Waals surface area contributed by atoms with E-state index < -0.39 is 0 Å². The summed E-state index contributed by atoms with van der Waals surface area (Å²) in [6.07, 6.45) is 2.91. The lowest BCUT2D eigenvalue weighted by Crippen LogP contribution is -2.36. The summed E-state index contributed by atoms with van der Waals surface area (Å²) in [5.74, 6) is 0.538. The van der Waals surface area contributed by atoms with Crippen molar-refractivity contribution < 1.29 is 9.53 Å². The molecule has 1 aliphatic heterocycles. The molecule has 0 bridgehead atoms. The van der Waals surface area contributed by atoms with Crippen molar-refractivity contribution >= 4 is 42.2 Å². The maximum absolute atomic E-state index is 11.5. The van der Waals surface area contributed by atoms with Crippen molar-refractivity contribution in [3.05, 3.63) is 18.3 Å².